The summed E-state index contributed by atoms with van der Waals surface area (Å²) < 4.78 is 103. The SMILES string of the molecule is NCC(O)COCC(F)(F)C(F)(F)C(F)(F)C(F)F. The van der Waals surface area contributed by atoms with Crippen LogP contribution in [0.3, 0.4) is 0 Å². The molecule has 3 nitrogen and oxygen atoms in total. The van der Waals surface area contributed by atoms with Crippen molar-refractivity contribution in [2.45, 2.75) is 30.3 Å². The molecule has 0 radical (unpaired) electrons. The molecule has 1 unspecified atom stereocenters. The molecular formula is C8H11F8NO2. The molecule has 116 valence electrons. The van der Waals surface area contributed by atoms with Crippen molar-refractivity contribution < 1.29 is 45.0 Å². The highest BCUT2D eigenvalue weighted by Crippen LogP contribution is 2.48. The van der Waals surface area contributed by atoms with E-state index in [1.165, 1.54) is 0 Å². The van der Waals surface area contributed by atoms with E-state index in [0.717, 1.165) is 0 Å². The minimum absolute atomic E-state index is 0.449. The second-order valence-corrected chi connectivity index (χ2v) is 3.61. The second-order valence-electron chi connectivity index (χ2n) is 3.61. The number of aliphatic hydroxyl groups excluding tert-OH is 1. The first-order valence-corrected chi connectivity index (χ1v) is 4.77. The molecule has 0 aromatic rings. The van der Waals surface area contributed by atoms with Crippen LogP contribution in [-0.4, -0.2) is 55.2 Å². The average Bonchev–Trinajstić information content (AvgIpc) is 2.27. The van der Waals surface area contributed by atoms with Gasteiger partial charge < -0.3 is 15.6 Å². The molecule has 0 bridgehead atoms. The maximum atomic E-state index is 12.8. The van der Waals surface area contributed by atoms with Crippen LogP contribution < -0.4 is 5.73 Å². The van der Waals surface area contributed by atoms with Gasteiger partial charge in [0.25, 0.3) is 0 Å². The minimum Gasteiger partial charge on any atom is -0.389 e. The van der Waals surface area contributed by atoms with Crippen LogP contribution in [0.4, 0.5) is 35.1 Å². The van der Waals surface area contributed by atoms with Crippen LogP contribution in [0.2, 0.25) is 0 Å². The summed E-state index contributed by atoms with van der Waals surface area (Å²) in [7, 11) is 0. The third-order valence-corrected chi connectivity index (χ3v) is 2.02. The van der Waals surface area contributed by atoms with Crippen LogP contribution in [0.1, 0.15) is 0 Å². The summed E-state index contributed by atoms with van der Waals surface area (Å²) in [6.07, 6.45) is -6.44. The van der Waals surface area contributed by atoms with E-state index in [2.05, 4.69) is 4.74 Å². The molecule has 0 aliphatic rings. The van der Waals surface area contributed by atoms with Crippen LogP contribution in [-0.2, 0) is 4.74 Å². The number of halogens is 8. The Bertz CT molecular complexity index is 286. The minimum atomic E-state index is -6.30. The summed E-state index contributed by atoms with van der Waals surface area (Å²) in [4.78, 5) is 0. The van der Waals surface area contributed by atoms with E-state index in [1.807, 2.05) is 0 Å². The maximum Gasteiger partial charge on any atom is 0.380 e. The molecule has 11 heteroatoms. The predicted molar refractivity (Wildman–Crippen MR) is 46.7 cm³/mol. The van der Waals surface area contributed by atoms with Crippen molar-refractivity contribution in [3.05, 3.63) is 0 Å². The van der Waals surface area contributed by atoms with E-state index < -0.39 is 50.1 Å². The molecule has 0 amide bonds. The number of aliphatic hydroxyl groups is 1. The van der Waals surface area contributed by atoms with Crippen LogP contribution in [0, 0.1) is 0 Å². The monoisotopic (exact) mass is 305 g/mol. The lowest BCUT2D eigenvalue weighted by Gasteiger charge is -2.32. The number of nitrogens with two attached hydrogens (primary N) is 1. The topological polar surface area (TPSA) is 55.5 Å². The van der Waals surface area contributed by atoms with Gasteiger partial charge in [-0.25, -0.2) is 8.78 Å². The molecule has 0 spiro atoms. The third kappa shape index (κ3) is 3.89. The molecular weight excluding hydrogens is 294 g/mol. The van der Waals surface area contributed by atoms with Crippen molar-refractivity contribution in [3.8, 4) is 0 Å². The summed E-state index contributed by atoms with van der Waals surface area (Å²) >= 11 is 0. The van der Waals surface area contributed by atoms with E-state index in [-0.39, 0.29) is 0 Å². The molecule has 19 heavy (non-hydrogen) atoms. The number of hydrogen-bond acceptors (Lipinski definition) is 3. The maximum absolute atomic E-state index is 12.8. The number of ether oxygens (including phenoxy) is 1. The fraction of sp³-hybridized carbons (Fsp3) is 1.00. The quantitative estimate of drug-likeness (QED) is 0.668. The molecule has 0 aliphatic carbocycles. The van der Waals surface area contributed by atoms with Crippen molar-refractivity contribution >= 4 is 0 Å². The van der Waals surface area contributed by atoms with E-state index in [9.17, 15) is 35.1 Å². The first-order chi connectivity index (χ1) is 8.40. The Labute approximate surface area is 102 Å². The highest BCUT2D eigenvalue weighted by molar-refractivity contribution is 4.97. The number of rotatable bonds is 8. The standard InChI is InChI=1S/C8H11F8NO2/c9-5(10)7(13,14)8(15,16)6(11,12)3-19-2-4(18)1-17/h4-5,18H,1-3,17H2. The van der Waals surface area contributed by atoms with E-state index in [0.29, 0.717) is 0 Å². The Morgan fingerprint density at radius 3 is 1.89 bits per heavy atom. The average molecular weight is 305 g/mol. The van der Waals surface area contributed by atoms with Crippen molar-refractivity contribution in [2.75, 3.05) is 19.8 Å². The molecule has 0 aromatic heterocycles. The lowest BCUT2D eigenvalue weighted by atomic mass is 10.1. The smallest absolute Gasteiger partial charge is 0.380 e. The van der Waals surface area contributed by atoms with Crippen LogP contribution in [0.25, 0.3) is 0 Å². The fourth-order valence-electron chi connectivity index (χ4n) is 0.863. The van der Waals surface area contributed by atoms with Crippen LogP contribution in [0.15, 0.2) is 0 Å². The molecule has 0 rings (SSSR count). The Balaban J connectivity index is 4.78. The van der Waals surface area contributed by atoms with Gasteiger partial charge in [0.05, 0.1) is 12.7 Å². The zero-order valence-corrected chi connectivity index (χ0v) is 9.23. The highest BCUT2D eigenvalue weighted by Gasteiger charge is 2.75. The molecule has 0 aliphatic heterocycles. The van der Waals surface area contributed by atoms with Gasteiger partial charge in [0.1, 0.15) is 6.61 Å². The van der Waals surface area contributed by atoms with Gasteiger partial charge in [0.15, 0.2) is 0 Å². The molecule has 1 atom stereocenters. The lowest BCUT2D eigenvalue weighted by Crippen LogP contribution is -2.59. The van der Waals surface area contributed by atoms with E-state index in [1.54, 1.807) is 0 Å². The molecule has 3 N–H and O–H groups in total. The summed E-state index contributed by atoms with van der Waals surface area (Å²) in [6, 6.07) is 0. The van der Waals surface area contributed by atoms with Crippen molar-refractivity contribution in [1.29, 1.82) is 0 Å². The van der Waals surface area contributed by atoms with E-state index >= 15 is 0 Å². The summed E-state index contributed by atoms with van der Waals surface area (Å²) in [5, 5.41) is 8.76. The molecule has 0 aromatic carbocycles. The van der Waals surface area contributed by atoms with Crippen LogP contribution in [0.5, 0.6) is 0 Å². The Morgan fingerprint density at radius 2 is 1.53 bits per heavy atom. The summed E-state index contributed by atoms with van der Waals surface area (Å²) in [6.45, 7) is -3.64. The van der Waals surface area contributed by atoms with Gasteiger partial charge in [-0.05, 0) is 0 Å². The Kier molecular flexibility index (Phi) is 5.96. The highest BCUT2D eigenvalue weighted by atomic mass is 19.4. The molecule has 0 heterocycles. The summed E-state index contributed by atoms with van der Waals surface area (Å²) in [5.41, 5.74) is 4.83. The van der Waals surface area contributed by atoms with Gasteiger partial charge in [0, 0.05) is 6.54 Å². The normalized spacial score (nSPS) is 15.9. The lowest BCUT2D eigenvalue weighted by molar-refractivity contribution is -0.346. The van der Waals surface area contributed by atoms with Crippen LogP contribution >= 0.6 is 0 Å². The third-order valence-electron chi connectivity index (χ3n) is 2.02. The van der Waals surface area contributed by atoms with Gasteiger partial charge in [-0.2, -0.15) is 26.3 Å². The second kappa shape index (κ2) is 6.18. The van der Waals surface area contributed by atoms with Gasteiger partial charge in [-0.3, -0.25) is 0 Å². The van der Waals surface area contributed by atoms with Gasteiger partial charge in [-0.1, -0.05) is 0 Å². The molecule has 0 saturated heterocycles. The van der Waals surface area contributed by atoms with Gasteiger partial charge >= 0.3 is 24.2 Å². The fourth-order valence-corrected chi connectivity index (χ4v) is 0.863. The van der Waals surface area contributed by atoms with Gasteiger partial charge in [-0.15, -0.1) is 0 Å². The first-order valence-electron chi connectivity index (χ1n) is 4.77. The summed E-state index contributed by atoms with van der Waals surface area (Å²) in [5.74, 6) is -18.1. The molecule has 0 fully saturated rings. The molecule has 0 saturated carbocycles. The van der Waals surface area contributed by atoms with Crippen molar-refractivity contribution in [2.24, 2.45) is 5.73 Å². The van der Waals surface area contributed by atoms with Crippen molar-refractivity contribution in [1.82, 2.24) is 0 Å². The largest absolute Gasteiger partial charge is 0.389 e. The predicted octanol–water partition coefficient (Wildman–Crippen LogP) is 1.49. The Morgan fingerprint density at radius 1 is 1.05 bits per heavy atom. The van der Waals surface area contributed by atoms with Crippen molar-refractivity contribution in [3.63, 3.8) is 0 Å². The Hall–Kier alpha value is -0.680. The number of alkyl halides is 8. The number of hydrogen-bond donors (Lipinski definition) is 2. The zero-order valence-electron chi connectivity index (χ0n) is 9.23. The first kappa shape index (κ1) is 18.3. The van der Waals surface area contributed by atoms with Gasteiger partial charge in [0.2, 0.25) is 0 Å². The van der Waals surface area contributed by atoms with E-state index in [4.69, 9.17) is 10.8 Å². The zero-order chi connectivity index (χ0) is 15.5.